The Morgan fingerprint density at radius 2 is 1.34 bits per heavy atom. The van der Waals surface area contributed by atoms with E-state index in [1.807, 2.05) is 97.1 Å². The lowest BCUT2D eigenvalue weighted by atomic mass is 9.87. The molecule has 1 aliphatic carbocycles. The Morgan fingerprint density at radius 3 is 2.05 bits per heavy atom. The van der Waals surface area contributed by atoms with Gasteiger partial charge >= 0.3 is 5.97 Å². The first-order chi connectivity index (χ1) is 20.0. The molecule has 0 heterocycles. The molecule has 204 valence electrons. The Balaban J connectivity index is 1.31. The number of hydrogen-bond donors (Lipinski definition) is 1. The zero-order chi connectivity index (χ0) is 28.4. The van der Waals surface area contributed by atoms with Gasteiger partial charge in [0.1, 0.15) is 6.61 Å². The van der Waals surface area contributed by atoms with Crippen molar-refractivity contribution in [2.24, 2.45) is 5.73 Å². The normalized spacial score (nSPS) is 13.7. The number of carbonyl (C=O) groups excluding carboxylic acids is 2. The van der Waals surface area contributed by atoms with E-state index in [4.69, 9.17) is 10.5 Å². The van der Waals surface area contributed by atoms with Crippen molar-refractivity contribution in [1.82, 2.24) is 4.90 Å². The molecule has 0 unspecified atom stereocenters. The molecule has 0 aromatic heterocycles. The van der Waals surface area contributed by atoms with Crippen LogP contribution in [-0.2, 0) is 27.3 Å². The van der Waals surface area contributed by atoms with Gasteiger partial charge in [-0.3, -0.25) is 4.79 Å². The topological polar surface area (TPSA) is 72.6 Å². The molecule has 0 fully saturated rings. The van der Waals surface area contributed by atoms with Crippen LogP contribution in [0.2, 0.25) is 0 Å². The van der Waals surface area contributed by atoms with E-state index >= 15 is 0 Å². The summed E-state index contributed by atoms with van der Waals surface area (Å²) in [5, 5.41) is 1.97. The van der Waals surface area contributed by atoms with E-state index in [0.717, 1.165) is 44.2 Å². The summed E-state index contributed by atoms with van der Waals surface area (Å²) in [5.41, 5.74) is 11.2. The van der Waals surface area contributed by atoms with Gasteiger partial charge in [-0.05, 0) is 44.2 Å². The number of nitrogens with zero attached hydrogens (tertiary/aromatic N) is 1. The second kappa shape index (κ2) is 11.0. The molecule has 1 aliphatic rings. The van der Waals surface area contributed by atoms with Crippen LogP contribution < -0.4 is 5.73 Å². The molecule has 0 aliphatic heterocycles. The highest BCUT2D eigenvalue weighted by Gasteiger charge is 2.46. The van der Waals surface area contributed by atoms with Crippen molar-refractivity contribution in [2.45, 2.75) is 24.4 Å². The highest BCUT2D eigenvalue weighted by Crippen LogP contribution is 2.44. The van der Waals surface area contributed by atoms with Crippen molar-refractivity contribution < 1.29 is 14.3 Å². The van der Waals surface area contributed by atoms with Crippen LogP contribution in [0.15, 0.2) is 121 Å². The number of nitrogens with two attached hydrogens (primary N) is 1. The predicted molar refractivity (Wildman–Crippen MR) is 162 cm³/mol. The number of fused-ring (bicyclic) bond motifs is 4. The molecule has 5 heteroatoms. The van der Waals surface area contributed by atoms with Crippen LogP contribution in [0.1, 0.15) is 28.2 Å². The lowest BCUT2D eigenvalue weighted by molar-refractivity contribution is -0.158. The summed E-state index contributed by atoms with van der Waals surface area (Å²) in [6.45, 7) is 0.418. The second-order valence-electron chi connectivity index (χ2n) is 10.8. The van der Waals surface area contributed by atoms with Crippen LogP contribution in [0.25, 0.3) is 21.9 Å². The fourth-order valence-electron chi connectivity index (χ4n) is 5.98. The van der Waals surface area contributed by atoms with E-state index in [-0.39, 0.29) is 18.9 Å². The largest absolute Gasteiger partial charge is 0.463 e. The van der Waals surface area contributed by atoms with Crippen molar-refractivity contribution >= 4 is 22.6 Å². The number of esters is 1. The van der Waals surface area contributed by atoms with E-state index in [1.165, 1.54) is 4.90 Å². The van der Waals surface area contributed by atoms with Gasteiger partial charge in [0.15, 0.2) is 5.54 Å². The Kier molecular flexibility index (Phi) is 7.12. The van der Waals surface area contributed by atoms with Crippen LogP contribution in [-0.4, -0.2) is 36.0 Å². The summed E-state index contributed by atoms with van der Waals surface area (Å²) < 4.78 is 6.00. The zero-order valence-electron chi connectivity index (χ0n) is 23.0. The number of ether oxygens (including phenoxy) is 1. The molecular formula is C36H32N2O3. The van der Waals surface area contributed by atoms with E-state index < -0.39 is 17.4 Å². The van der Waals surface area contributed by atoms with Gasteiger partial charge in [-0.1, -0.05) is 121 Å². The molecule has 0 spiro atoms. The Bertz CT molecular complexity index is 1680. The number of rotatable bonds is 8. The third-order valence-electron chi connectivity index (χ3n) is 8.05. The minimum atomic E-state index is -1.91. The molecule has 0 saturated carbocycles. The number of amides is 1. The van der Waals surface area contributed by atoms with Crippen molar-refractivity contribution in [2.75, 3.05) is 13.7 Å². The maximum Gasteiger partial charge on any atom is 0.336 e. The highest BCUT2D eigenvalue weighted by molar-refractivity contribution is 6.08. The number of likely N-dealkylation sites (N-methyl/N-ethyl adjacent to an activating group) is 1. The molecule has 0 bridgehead atoms. The molecule has 0 radical (unpaired) electrons. The second-order valence-corrected chi connectivity index (χ2v) is 10.8. The minimum Gasteiger partial charge on any atom is -0.463 e. The van der Waals surface area contributed by atoms with E-state index in [9.17, 15) is 9.59 Å². The van der Waals surface area contributed by atoms with Crippen LogP contribution in [0, 0.1) is 0 Å². The first kappa shape index (κ1) is 26.5. The van der Waals surface area contributed by atoms with Gasteiger partial charge in [-0.15, -0.1) is 0 Å². The molecule has 2 N–H and O–H groups in total. The smallest absolute Gasteiger partial charge is 0.336 e. The maximum absolute atomic E-state index is 14.0. The van der Waals surface area contributed by atoms with Gasteiger partial charge < -0.3 is 15.4 Å². The zero-order valence-corrected chi connectivity index (χ0v) is 23.0. The van der Waals surface area contributed by atoms with Crippen molar-refractivity contribution in [3.8, 4) is 11.1 Å². The Morgan fingerprint density at radius 1 is 0.756 bits per heavy atom. The number of carbonyl (C=O) groups is 2. The van der Waals surface area contributed by atoms with Crippen LogP contribution in [0.3, 0.4) is 0 Å². The summed E-state index contributed by atoms with van der Waals surface area (Å²) in [5.74, 6) is -1.34. The molecular weight excluding hydrogens is 508 g/mol. The molecule has 6 rings (SSSR count). The van der Waals surface area contributed by atoms with Crippen LogP contribution in [0.5, 0.6) is 0 Å². The summed E-state index contributed by atoms with van der Waals surface area (Å²) in [7, 11) is 1.68. The summed E-state index contributed by atoms with van der Waals surface area (Å²) in [6.07, 6.45) is 0.0169. The Labute approximate surface area is 240 Å². The molecule has 5 aromatic rings. The van der Waals surface area contributed by atoms with Gasteiger partial charge in [0.05, 0.1) is 0 Å². The van der Waals surface area contributed by atoms with Crippen LogP contribution in [0.4, 0.5) is 0 Å². The molecule has 1 amide bonds. The molecule has 5 nitrogen and oxygen atoms in total. The predicted octanol–water partition coefficient (Wildman–Crippen LogP) is 6.09. The number of hydrogen-bond acceptors (Lipinski definition) is 4. The molecule has 41 heavy (non-hydrogen) atoms. The van der Waals surface area contributed by atoms with Crippen molar-refractivity contribution in [3.63, 3.8) is 0 Å². The summed E-state index contributed by atoms with van der Waals surface area (Å²) >= 11 is 0. The average Bonchev–Trinajstić information content (AvgIpc) is 3.33. The van der Waals surface area contributed by atoms with Gasteiger partial charge in [-0.25, -0.2) is 4.79 Å². The monoisotopic (exact) mass is 540 g/mol. The highest BCUT2D eigenvalue weighted by atomic mass is 16.5. The first-order valence-corrected chi connectivity index (χ1v) is 13.9. The average molecular weight is 541 g/mol. The van der Waals surface area contributed by atoms with Gasteiger partial charge in [0, 0.05) is 25.9 Å². The number of benzene rings is 5. The van der Waals surface area contributed by atoms with Gasteiger partial charge in [0.2, 0.25) is 0 Å². The van der Waals surface area contributed by atoms with Crippen LogP contribution >= 0.6 is 0 Å². The third kappa shape index (κ3) is 5.01. The minimum absolute atomic E-state index is 0.0169. The lowest BCUT2D eigenvalue weighted by Gasteiger charge is -2.31. The van der Waals surface area contributed by atoms with Gasteiger partial charge in [-0.2, -0.15) is 0 Å². The summed E-state index contributed by atoms with van der Waals surface area (Å²) in [6, 6.07) is 39.7. The molecule has 1 atom stereocenters. The SMILES string of the molecule is CN(Cc1ccccc1)C(=O)[C@](N)(Cc1cccc2ccccc12)C(=O)OCC1c2ccccc2-c2ccccc21. The van der Waals surface area contributed by atoms with E-state index in [0.29, 0.717) is 6.54 Å². The van der Waals surface area contributed by atoms with E-state index in [1.54, 1.807) is 7.05 Å². The maximum atomic E-state index is 14.0. The Hall–Kier alpha value is -4.74. The van der Waals surface area contributed by atoms with Crippen molar-refractivity contribution in [3.05, 3.63) is 144 Å². The van der Waals surface area contributed by atoms with Crippen molar-refractivity contribution in [1.29, 1.82) is 0 Å². The third-order valence-corrected chi connectivity index (χ3v) is 8.05. The molecule has 5 aromatic carbocycles. The fraction of sp³-hybridized carbons (Fsp3) is 0.167. The first-order valence-electron chi connectivity index (χ1n) is 13.9. The van der Waals surface area contributed by atoms with E-state index in [2.05, 4.69) is 24.3 Å². The fourth-order valence-corrected chi connectivity index (χ4v) is 5.98. The standard InChI is InChI=1S/C36H32N2O3/c1-38(23-25-12-3-2-4-13-25)34(39)36(37,22-27-16-11-15-26-14-5-6-17-28(26)27)35(40)41-24-33-31-20-9-7-18-29(31)30-19-8-10-21-32(30)33/h2-21,33H,22-24,37H2,1H3/t36-/m1/s1. The quantitative estimate of drug-likeness (QED) is 0.191. The molecule has 0 saturated heterocycles. The summed E-state index contributed by atoms with van der Waals surface area (Å²) in [4.78, 5) is 29.5. The van der Waals surface area contributed by atoms with Gasteiger partial charge in [0.25, 0.3) is 5.91 Å². The lowest BCUT2D eigenvalue weighted by Crippen LogP contribution is -2.61.